The van der Waals surface area contributed by atoms with Gasteiger partial charge in [-0.05, 0) is 51.5 Å². The van der Waals surface area contributed by atoms with Gasteiger partial charge in [-0.3, -0.25) is 14.3 Å². The highest BCUT2D eigenvalue weighted by atomic mass is 16.1. The van der Waals surface area contributed by atoms with Gasteiger partial charge in [0.15, 0.2) is 0 Å². The molecule has 4 aromatic rings. The summed E-state index contributed by atoms with van der Waals surface area (Å²) in [4.78, 5) is 27.7. The van der Waals surface area contributed by atoms with E-state index in [4.69, 9.17) is 4.98 Å². The third-order valence-corrected chi connectivity index (χ3v) is 6.08. The van der Waals surface area contributed by atoms with Crippen LogP contribution in [-0.2, 0) is 6.54 Å². The van der Waals surface area contributed by atoms with E-state index in [2.05, 4.69) is 54.7 Å². The summed E-state index contributed by atoms with van der Waals surface area (Å²) >= 11 is 0. The van der Waals surface area contributed by atoms with Gasteiger partial charge in [0, 0.05) is 52.7 Å². The number of nitriles is 1. The van der Waals surface area contributed by atoms with Crippen molar-refractivity contribution >= 4 is 16.9 Å². The molecule has 1 aromatic carbocycles. The molecule has 0 spiro atoms. The van der Waals surface area contributed by atoms with Gasteiger partial charge in [0.1, 0.15) is 6.07 Å². The minimum Gasteiger partial charge on any atom is -0.360 e. The minimum absolute atomic E-state index is 0.0438. The summed E-state index contributed by atoms with van der Waals surface area (Å²) in [6, 6.07) is 11.8. The number of rotatable bonds is 3. The van der Waals surface area contributed by atoms with Gasteiger partial charge in [0.25, 0.3) is 5.56 Å². The number of pyridine rings is 1. The molecule has 0 radical (unpaired) electrons. The monoisotopic (exact) mass is 424 g/mol. The SMILES string of the molecule is CC(C)N1c2nc(-c3c[nH]c4ccc(-c5cncc(C#N)c5)cc34)cc(=O)n2CC1(C)C. The molecule has 160 valence electrons. The van der Waals surface area contributed by atoms with E-state index in [1.165, 1.54) is 0 Å². The maximum atomic E-state index is 13.0. The lowest BCUT2D eigenvalue weighted by Crippen LogP contribution is -2.45. The Hall–Kier alpha value is -3.92. The van der Waals surface area contributed by atoms with Gasteiger partial charge in [-0.1, -0.05) is 6.07 Å². The lowest BCUT2D eigenvalue weighted by atomic mass is 10.0. The molecule has 0 fully saturated rings. The second-order valence-electron chi connectivity index (χ2n) is 9.18. The number of nitrogens with zero attached hydrogens (tertiary/aromatic N) is 5. The first-order valence-electron chi connectivity index (χ1n) is 10.7. The first kappa shape index (κ1) is 20.0. The third-order valence-electron chi connectivity index (χ3n) is 6.08. The van der Waals surface area contributed by atoms with E-state index in [1.54, 1.807) is 23.0 Å². The number of fused-ring (bicyclic) bond motifs is 2. The molecule has 5 rings (SSSR count). The van der Waals surface area contributed by atoms with E-state index in [-0.39, 0.29) is 17.1 Å². The van der Waals surface area contributed by atoms with Crippen molar-refractivity contribution < 1.29 is 0 Å². The van der Waals surface area contributed by atoms with Crippen LogP contribution in [0.15, 0.2) is 53.7 Å². The average molecular weight is 425 g/mol. The maximum absolute atomic E-state index is 13.0. The number of hydrogen-bond donors (Lipinski definition) is 1. The molecule has 1 N–H and O–H groups in total. The van der Waals surface area contributed by atoms with Crippen LogP contribution in [0.2, 0.25) is 0 Å². The smallest absolute Gasteiger partial charge is 0.255 e. The standard InChI is InChI=1S/C25H24N6O/c1-15(2)31-24-29-22(9-23(32)30(24)14-25(31,3)4)20-13-28-21-6-5-17(8-19(20)21)18-7-16(10-26)11-27-12-18/h5-9,11-13,15,28H,14H2,1-4H3. The number of hydrogen-bond acceptors (Lipinski definition) is 5. The van der Waals surface area contributed by atoms with E-state index in [0.717, 1.165) is 27.6 Å². The predicted octanol–water partition coefficient (Wildman–Crippen LogP) is 4.33. The van der Waals surface area contributed by atoms with E-state index in [9.17, 15) is 10.1 Å². The molecule has 4 heterocycles. The summed E-state index contributed by atoms with van der Waals surface area (Å²) in [7, 11) is 0. The van der Waals surface area contributed by atoms with Crippen molar-refractivity contribution in [1.82, 2.24) is 19.5 Å². The minimum atomic E-state index is -0.182. The first-order valence-corrected chi connectivity index (χ1v) is 10.7. The molecule has 1 aliphatic heterocycles. The number of aromatic nitrogens is 4. The van der Waals surface area contributed by atoms with Crippen LogP contribution in [0.25, 0.3) is 33.3 Å². The van der Waals surface area contributed by atoms with Gasteiger partial charge in [0.05, 0.1) is 23.3 Å². The van der Waals surface area contributed by atoms with E-state index < -0.39 is 0 Å². The van der Waals surface area contributed by atoms with Crippen molar-refractivity contribution in [2.45, 2.75) is 45.8 Å². The van der Waals surface area contributed by atoms with Crippen molar-refractivity contribution in [1.29, 1.82) is 5.26 Å². The first-order chi connectivity index (χ1) is 15.3. The zero-order valence-electron chi connectivity index (χ0n) is 18.5. The molecule has 7 nitrogen and oxygen atoms in total. The Labute approximate surface area is 186 Å². The second-order valence-corrected chi connectivity index (χ2v) is 9.18. The zero-order valence-corrected chi connectivity index (χ0v) is 18.5. The van der Waals surface area contributed by atoms with Crippen LogP contribution in [0.5, 0.6) is 0 Å². The summed E-state index contributed by atoms with van der Waals surface area (Å²) in [5.74, 6) is 0.712. The highest BCUT2D eigenvalue weighted by molar-refractivity contribution is 5.97. The van der Waals surface area contributed by atoms with Gasteiger partial charge in [0.2, 0.25) is 5.95 Å². The number of benzene rings is 1. The normalized spacial score (nSPS) is 14.7. The Bertz CT molecular complexity index is 1450. The number of nitrogens with one attached hydrogen (secondary N) is 1. The number of aromatic amines is 1. The molecular formula is C25H24N6O. The summed E-state index contributed by atoms with van der Waals surface area (Å²) in [5, 5.41) is 10.2. The summed E-state index contributed by atoms with van der Waals surface area (Å²) < 4.78 is 1.77. The van der Waals surface area contributed by atoms with Gasteiger partial charge in [-0.2, -0.15) is 5.26 Å². The molecule has 0 bridgehead atoms. The molecule has 3 aromatic heterocycles. The van der Waals surface area contributed by atoms with Crippen LogP contribution in [0.4, 0.5) is 5.95 Å². The molecule has 0 aliphatic carbocycles. The Balaban J connectivity index is 1.67. The third kappa shape index (κ3) is 3.07. The molecule has 0 saturated heterocycles. The number of anilines is 1. The molecular weight excluding hydrogens is 400 g/mol. The van der Waals surface area contributed by atoms with Crippen molar-refractivity contribution in [3.05, 3.63) is 64.8 Å². The fourth-order valence-electron chi connectivity index (χ4n) is 4.80. The Kier molecular flexibility index (Phi) is 4.41. The molecule has 0 unspecified atom stereocenters. The van der Waals surface area contributed by atoms with Gasteiger partial charge < -0.3 is 9.88 Å². The van der Waals surface area contributed by atoms with Crippen LogP contribution in [0, 0.1) is 11.3 Å². The van der Waals surface area contributed by atoms with Crippen molar-refractivity contribution in [3.8, 4) is 28.5 Å². The molecule has 1 aliphatic rings. The Morgan fingerprint density at radius 1 is 1.16 bits per heavy atom. The van der Waals surface area contributed by atoms with Crippen LogP contribution < -0.4 is 10.5 Å². The second kappa shape index (κ2) is 7.06. The summed E-state index contributed by atoms with van der Waals surface area (Å²) in [5.41, 5.74) is 4.59. The van der Waals surface area contributed by atoms with Crippen LogP contribution >= 0.6 is 0 Å². The van der Waals surface area contributed by atoms with Crippen LogP contribution in [0.3, 0.4) is 0 Å². The summed E-state index contributed by atoms with van der Waals surface area (Å²) in [6.07, 6.45) is 5.20. The molecule has 0 atom stereocenters. The van der Waals surface area contributed by atoms with Crippen LogP contribution in [-0.4, -0.2) is 31.1 Å². The van der Waals surface area contributed by atoms with Crippen molar-refractivity contribution in [2.75, 3.05) is 4.90 Å². The Morgan fingerprint density at radius 3 is 2.72 bits per heavy atom. The molecule has 0 amide bonds. The predicted molar refractivity (Wildman–Crippen MR) is 125 cm³/mol. The van der Waals surface area contributed by atoms with E-state index in [1.807, 2.05) is 24.4 Å². The fraction of sp³-hybridized carbons (Fsp3) is 0.280. The topological polar surface area (TPSA) is 90.6 Å². The van der Waals surface area contributed by atoms with Gasteiger partial charge in [-0.25, -0.2) is 4.98 Å². The largest absolute Gasteiger partial charge is 0.360 e. The van der Waals surface area contributed by atoms with Gasteiger partial charge >= 0.3 is 0 Å². The van der Waals surface area contributed by atoms with Crippen LogP contribution in [0.1, 0.15) is 33.3 Å². The van der Waals surface area contributed by atoms with Crippen molar-refractivity contribution in [3.63, 3.8) is 0 Å². The molecule has 0 saturated carbocycles. The van der Waals surface area contributed by atoms with E-state index in [0.29, 0.717) is 23.8 Å². The highest BCUT2D eigenvalue weighted by Crippen LogP contribution is 2.36. The molecule has 32 heavy (non-hydrogen) atoms. The highest BCUT2D eigenvalue weighted by Gasteiger charge is 2.39. The van der Waals surface area contributed by atoms with Crippen molar-refractivity contribution in [2.24, 2.45) is 0 Å². The fourth-order valence-corrected chi connectivity index (χ4v) is 4.80. The maximum Gasteiger partial charge on any atom is 0.255 e. The zero-order chi connectivity index (χ0) is 22.6. The lowest BCUT2D eigenvalue weighted by Gasteiger charge is -2.35. The van der Waals surface area contributed by atoms with E-state index >= 15 is 0 Å². The average Bonchev–Trinajstić information content (AvgIpc) is 3.30. The summed E-state index contributed by atoms with van der Waals surface area (Å²) in [6.45, 7) is 9.15. The quantitative estimate of drug-likeness (QED) is 0.529. The number of H-pyrrole nitrogens is 1. The van der Waals surface area contributed by atoms with Gasteiger partial charge in [-0.15, -0.1) is 0 Å². The molecule has 7 heteroatoms. The Morgan fingerprint density at radius 2 is 1.97 bits per heavy atom. The lowest BCUT2D eigenvalue weighted by molar-refractivity contribution is 0.425.